The van der Waals surface area contributed by atoms with Crippen molar-refractivity contribution in [2.75, 3.05) is 20.2 Å². The van der Waals surface area contributed by atoms with Crippen molar-refractivity contribution in [3.05, 3.63) is 46.3 Å². The molecule has 0 saturated carbocycles. The van der Waals surface area contributed by atoms with Gasteiger partial charge in [0.15, 0.2) is 0 Å². The summed E-state index contributed by atoms with van der Waals surface area (Å²) in [4.78, 5) is 0. The summed E-state index contributed by atoms with van der Waals surface area (Å²) in [6.45, 7) is 0.610. The molecule has 0 amide bonds. The first-order valence-electron chi connectivity index (χ1n) is 5.88. The largest absolute Gasteiger partial charge is 0.492 e. The van der Waals surface area contributed by atoms with Crippen molar-refractivity contribution in [3.8, 4) is 5.75 Å². The van der Waals surface area contributed by atoms with Gasteiger partial charge < -0.3 is 4.74 Å². The summed E-state index contributed by atoms with van der Waals surface area (Å²) in [6.07, 6.45) is 0. The van der Waals surface area contributed by atoms with E-state index in [0.717, 1.165) is 10.2 Å². The van der Waals surface area contributed by atoms with Gasteiger partial charge in [-0.2, -0.15) is 4.31 Å². The fraction of sp³-hybridized carbons (Fsp3) is 0.231. The van der Waals surface area contributed by atoms with E-state index in [-0.39, 0.29) is 0 Å². The highest BCUT2D eigenvalue weighted by Crippen LogP contribution is 2.20. The molecule has 4 nitrogen and oxygen atoms in total. The van der Waals surface area contributed by atoms with Gasteiger partial charge in [-0.25, -0.2) is 8.42 Å². The highest BCUT2D eigenvalue weighted by Gasteiger charge is 2.21. The first-order valence-corrected chi connectivity index (χ1v) is 8.99. The molecule has 2 rings (SSSR count). The number of hydrogen-bond donors (Lipinski definition) is 0. The molecule has 0 spiro atoms. The summed E-state index contributed by atoms with van der Waals surface area (Å²) >= 11 is 4.56. The van der Waals surface area contributed by atoms with E-state index < -0.39 is 10.0 Å². The highest BCUT2D eigenvalue weighted by atomic mass is 79.9. The third kappa shape index (κ3) is 3.82. The Morgan fingerprint density at radius 2 is 1.95 bits per heavy atom. The number of halogens is 1. The third-order valence-electron chi connectivity index (χ3n) is 2.65. The van der Waals surface area contributed by atoms with E-state index in [1.165, 1.54) is 15.6 Å². The first kappa shape index (κ1) is 15.5. The summed E-state index contributed by atoms with van der Waals surface area (Å²) in [7, 11) is -1.84. The van der Waals surface area contributed by atoms with Gasteiger partial charge in [-0.1, -0.05) is 22.0 Å². The zero-order chi connectivity index (χ0) is 14.6. The summed E-state index contributed by atoms with van der Waals surface area (Å²) in [5, 5.41) is 1.75. The predicted molar refractivity (Wildman–Crippen MR) is 83.8 cm³/mol. The Kier molecular flexibility index (Phi) is 5.20. The van der Waals surface area contributed by atoms with Crippen molar-refractivity contribution in [3.63, 3.8) is 0 Å². The SMILES string of the molecule is CN(CCOc1ccc(Br)cc1)S(=O)(=O)c1cccs1. The summed E-state index contributed by atoms with van der Waals surface area (Å²) in [5.74, 6) is 0.718. The van der Waals surface area contributed by atoms with Gasteiger partial charge in [-0.15, -0.1) is 11.3 Å². The second-order valence-corrected chi connectivity index (χ2v) is 8.20. The average molecular weight is 376 g/mol. The van der Waals surface area contributed by atoms with E-state index in [4.69, 9.17) is 4.74 Å². The van der Waals surface area contributed by atoms with Crippen molar-refractivity contribution in [1.82, 2.24) is 4.31 Å². The van der Waals surface area contributed by atoms with Crippen molar-refractivity contribution in [2.24, 2.45) is 0 Å². The van der Waals surface area contributed by atoms with Crippen LogP contribution in [0.15, 0.2) is 50.5 Å². The molecule has 0 bridgehead atoms. The van der Waals surface area contributed by atoms with Crippen LogP contribution in [0, 0.1) is 0 Å². The van der Waals surface area contributed by atoms with Crippen LogP contribution in [0.5, 0.6) is 5.75 Å². The number of thiophene rings is 1. The maximum absolute atomic E-state index is 12.2. The molecule has 0 unspecified atom stereocenters. The monoisotopic (exact) mass is 375 g/mol. The fourth-order valence-electron chi connectivity index (χ4n) is 1.51. The molecule has 0 N–H and O–H groups in total. The van der Waals surface area contributed by atoms with Crippen LogP contribution in [0.2, 0.25) is 0 Å². The van der Waals surface area contributed by atoms with Gasteiger partial charge in [-0.05, 0) is 35.7 Å². The zero-order valence-corrected chi connectivity index (χ0v) is 14.0. The Morgan fingerprint density at radius 1 is 1.25 bits per heavy atom. The molecule has 0 aliphatic carbocycles. The molecule has 1 aromatic heterocycles. The van der Waals surface area contributed by atoms with Crippen LogP contribution in [-0.4, -0.2) is 32.9 Å². The number of ether oxygens (including phenoxy) is 1. The standard InChI is InChI=1S/C13H14BrNO3S2/c1-15(20(16,17)13-3-2-10-19-13)8-9-18-12-6-4-11(14)5-7-12/h2-7,10H,8-9H2,1H3. The van der Waals surface area contributed by atoms with Crippen molar-refractivity contribution in [2.45, 2.75) is 4.21 Å². The minimum atomic E-state index is -3.39. The van der Waals surface area contributed by atoms with Gasteiger partial charge in [0.2, 0.25) is 0 Å². The predicted octanol–water partition coefficient (Wildman–Crippen LogP) is 3.21. The van der Waals surface area contributed by atoms with Crippen LogP contribution >= 0.6 is 27.3 Å². The fourth-order valence-corrected chi connectivity index (χ4v) is 4.13. The average Bonchev–Trinajstić information content (AvgIpc) is 2.95. The zero-order valence-electron chi connectivity index (χ0n) is 10.8. The maximum atomic E-state index is 12.2. The number of hydrogen-bond acceptors (Lipinski definition) is 4. The van der Waals surface area contributed by atoms with Gasteiger partial charge in [0, 0.05) is 18.1 Å². The van der Waals surface area contributed by atoms with Crippen LogP contribution in [0.25, 0.3) is 0 Å². The lowest BCUT2D eigenvalue weighted by atomic mass is 10.3. The van der Waals surface area contributed by atoms with Crippen molar-refractivity contribution >= 4 is 37.3 Å². The number of benzene rings is 1. The number of likely N-dealkylation sites (N-methyl/N-ethyl adjacent to an activating group) is 1. The Morgan fingerprint density at radius 3 is 2.55 bits per heavy atom. The summed E-state index contributed by atoms with van der Waals surface area (Å²) < 4.78 is 32.5. The van der Waals surface area contributed by atoms with Crippen LogP contribution in [0.1, 0.15) is 0 Å². The van der Waals surface area contributed by atoms with Gasteiger partial charge in [-0.3, -0.25) is 0 Å². The van der Waals surface area contributed by atoms with E-state index in [1.807, 2.05) is 24.3 Å². The summed E-state index contributed by atoms with van der Waals surface area (Å²) in [5.41, 5.74) is 0. The smallest absolute Gasteiger partial charge is 0.252 e. The quantitative estimate of drug-likeness (QED) is 0.778. The molecule has 0 aliphatic heterocycles. The highest BCUT2D eigenvalue weighted by molar-refractivity contribution is 9.10. The van der Waals surface area contributed by atoms with Gasteiger partial charge >= 0.3 is 0 Å². The minimum Gasteiger partial charge on any atom is -0.492 e. The number of rotatable bonds is 6. The lowest BCUT2D eigenvalue weighted by Gasteiger charge is -2.16. The third-order valence-corrected chi connectivity index (χ3v) is 6.41. The maximum Gasteiger partial charge on any atom is 0.252 e. The Hall–Kier alpha value is -0.890. The molecule has 0 aliphatic rings. The Bertz CT molecular complexity index is 639. The molecule has 1 heterocycles. The Balaban J connectivity index is 1.89. The lowest BCUT2D eigenvalue weighted by molar-refractivity contribution is 0.287. The molecule has 7 heteroatoms. The van der Waals surface area contributed by atoms with E-state index >= 15 is 0 Å². The molecule has 108 valence electrons. The Labute approximate surface area is 131 Å². The normalized spacial score (nSPS) is 11.8. The van der Waals surface area contributed by atoms with Crippen molar-refractivity contribution < 1.29 is 13.2 Å². The van der Waals surface area contributed by atoms with Gasteiger partial charge in [0.25, 0.3) is 10.0 Å². The molecule has 0 fully saturated rings. The second kappa shape index (κ2) is 6.71. The molecule has 20 heavy (non-hydrogen) atoms. The van der Waals surface area contributed by atoms with Crippen LogP contribution < -0.4 is 4.74 Å². The van der Waals surface area contributed by atoms with Crippen LogP contribution in [0.3, 0.4) is 0 Å². The van der Waals surface area contributed by atoms with E-state index in [2.05, 4.69) is 15.9 Å². The van der Waals surface area contributed by atoms with E-state index in [0.29, 0.717) is 17.4 Å². The first-order chi connectivity index (χ1) is 9.50. The summed E-state index contributed by atoms with van der Waals surface area (Å²) in [6, 6.07) is 10.7. The van der Waals surface area contributed by atoms with Crippen LogP contribution in [0.4, 0.5) is 0 Å². The molecule has 0 radical (unpaired) electrons. The molecule has 1 aromatic carbocycles. The molecular weight excluding hydrogens is 362 g/mol. The van der Waals surface area contributed by atoms with Crippen molar-refractivity contribution in [1.29, 1.82) is 0 Å². The van der Waals surface area contributed by atoms with E-state index in [9.17, 15) is 8.42 Å². The van der Waals surface area contributed by atoms with Gasteiger partial charge in [0.05, 0.1) is 0 Å². The number of sulfonamides is 1. The minimum absolute atomic E-state index is 0.302. The number of nitrogens with zero attached hydrogens (tertiary/aromatic N) is 1. The molecule has 0 saturated heterocycles. The molecular formula is C13H14BrNO3S2. The van der Waals surface area contributed by atoms with Crippen LogP contribution in [-0.2, 0) is 10.0 Å². The topological polar surface area (TPSA) is 46.6 Å². The lowest BCUT2D eigenvalue weighted by Crippen LogP contribution is -2.30. The van der Waals surface area contributed by atoms with E-state index in [1.54, 1.807) is 24.6 Å². The van der Waals surface area contributed by atoms with Gasteiger partial charge in [0.1, 0.15) is 16.6 Å². The second-order valence-electron chi connectivity index (χ2n) is 4.06. The molecule has 0 atom stereocenters. The molecule has 2 aromatic rings.